The van der Waals surface area contributed by atoms with Crippen LogP contribution in [0, 0.1) is 0 Å². The van der Waals surface area contributed by atoms with Gasteiger partial charge in [0, 0.05) is 5.56 Å². The zero-order chi connectivity index (χ0) is 12.3. The molecule has 0 aliphatic heterocycles. The summed E-state index contributed by atoms with van der Waals surface area (Å²) in [5.41, 5.74) is 6.69. The SMILES string of the molecule is NC(=O)Oc1ccc(-c2cccc(Br)n2)cc1. The van der Waals surface area contributed by atoms with Crippen molar-refractivity contribution in [2.45, 2.75) is 0 Å². The Balaban J connectivity index is 2.26. The summed E-state index contributed by atoms with van der Waals surface area (Å²) in [6.07, 6.45) is -0.821. The highest BCUT2D eigenvalue weighted by atomic mass is 79.9. The van der Waals surface area contributed by atoms with E-state index in [1.807, 2.05) is 30.3 Å². The van der Waals surface area contributed by atoms with Crippen LogP contribution < -0.4 is 10.5 Å². The summed E-state index contributed by atoms with van der Waals surface area (Å²) in [4.78, 5) is 14.9. The number of hydrogen-bond acceptors (Lipinski definition) is 3. The number of pyridine rings is 1. The van der Waals surface area contributed by atoms with Gasteiger partial charge in [0.25, 0.3) is 0 Å². The summed E-state index contributed by atoms with van der Waals surface area (Å²) in [6, 6.07) is 12.6. The molecule has 5 heteroatoms. The van der Waals surface area contributed by atoms with E-state index in [1.54, 1.807) is 12.1 Å². The van der Waals surface area contributed by atoms with Crippen LogP contribution in [0.4, 0.5) is 4.79 Å². The Hall–Kier alpha value is -1.88. The van der Waals surface area contributed by atoms with Crippen LogP contribution in [0.25, 0.3) is 11.3 Å². The first-order valence-corrected chi connectivity index (χ1v) is 5.65. The minimum atomic E-state index is -0.821. The molecule has 1 aromatic heterocycles. The zero-order valence-corrected chi connectivity index (χ0v) is 10.3. The van der Waals surface area contributed by atoms with Crippen LogP contribution >= 0.6 is 15.9 Å². The molecular formula is C12H9BrN2O2. The highest BCUT2D eigenvalue weighted by molar-refractivity contribution is 9.10. The van der Waals surface area contributed by atoms with Crippen LogP contribution in [0.15, 0.2) is 47.1 Å². The number of carbonyl (C=O) groups excluding carboxylic acids is 1. The third-order valence-electron chi connectivity index (χ3n) is 2.08. The number of carbonyl (C=O) groups is 1. The Morgan fingerprint density at radius 2 is 1.88 bits per heavy atom. The number of amides is 1. The lowest BCUT2D eigenvalue weighted by Crippen LogP contribution is -2.16. The number of hydrogen-bond donors (Lipinski definition) is 1. The van der Waals surface area contributed by atoms with E-state index < -0.39 is 6.09 Å². The normalized spacial score (nSPS) is 9.94. The fourth-order valence-electron chi connectivity index (χ4n) is 1.38. The van der Waals surface area contributed by atoms with Gasteiger partial charge < -0.3 is 10.5 Å². The molecule has 0 aliphatic carbocycles. The van der Waals surface area contributed by atoms with Crippen molar-refractivity contribution in [2.24, 2.45) is 5.73 Å². The Morgan fingerprint density at radius 3 is 2.47 bits per heavy atom. The van der Waals surface area contributed by atoms with Crippen LogP contribution in [-0.2, 0) is 0 Å². The number of ether oxygens (including phenoxy) is 1. The van der Waals surface area contributed by atoms with E-state index in [0.29, 0.717) is 5.75 Å². The van der Waals surface area contributed by atoms with Gasteiger partial charge in [0.15, 0.2) is 0 Å². The average molecular weight is 293 g/mol. The summed E-state index contributed by atoms with van der Waals surface area (Å²) < 4.78 is 5.51. The number of benzene rings is 1. The van der Waals surface area contributed by atoms with Crippen LogP contribution in [0.2, 0.25) is 0 Å². The Labute approximate surface area is 107 Å². The van der Waals surface area contributed by atoms with Crippen molar-refractivity contribution in [3.63, 3.8) is 0 Å². The van der Waals surface area contributed by atoms with Gasteiger partial charge in [-0.05, 0) is 52.3 Å². The van der Waals surface area contributed by atoms with E-state index in [-0.39, 0.29) is 0 Å². The van der Waals surface area contributed by atoms with Gasteiger partial charge in [-0.2, -0.15) is 0 Å². The summed E-state index contributed by atoms with van der Waals surface area (Å²) in [6.45, 7) is 0. The summed E-state index contributed by atoms with van der Waals surface area (Å²) in [5.74, 6) is 0.413. The van der Waals surface area contributed by atoms with Crippen LogP contribution in [0.3, 0.4) is 0 Å². The third kappa shape index (κ3) is 3.04. The maximum Gasteiger partial charge on any atom is 0.409 e. The van der Waals surface area contributed by atoms with Crippen molar-refractivity contribution in [3.05, 3.63) is 47.1 Å². The van der Waals surface area contributed by atoms with E-state index in [2.05, 4.69) is 20.9 Å². The van der Waals surface area contributed by atoms with Crippen LogP contribution in [0.1, 0.15) is 0 Å². The number of rotatable bonds is 2. The first-order valence-electron chi connectivity index (χ1n) is 4.85. The molecule has 2 rings (SSSR count). The zero-order valence-electron chi connectivity index (χ0n) is 8.76. The van der Waals surface area contributed by atoms with Gasteiger partial charge in [0.2, 0.25) is 0 Å². The second-order valence-corrected chi connectivity index (χ2v) is 4.10. The smallest absolute Gasteiger partial charge is 0.409 e. The van der Waals surface area contributed by atoms with Crippen molar-refractivity contribution < 1.29 is 9.53 Å². The molecule has 0 atom stereocenters. The molecule has 0 fully saturated rings. The number of primary amides is 1. The molecule has 0 spiro atoms. The van der Waals surface area contributed by atoms with Crippen LogP contribution in [-0.4, -0.2) is 11.1 Å². The van der Waals surface area contributed by atoms with Crippen molar-refractivity contribution in [3.8, 4) is 17.0 Å². The fourth-order valence-corrected chi connectivity index (χ4v) is 1.72. The van der Waals surface area contributed by atoms with Gasteiger partial charge in [0.1, 0.15) is 10.4 Å². The molecule has 4 nitrogen and oxygen atoms in total. The number of aromatic nitrogens is 1. The first-order chi connectivity index (χ1) is 8.15. The van der Waals surface area contributed by atoms with E-state index >= 15 is 0 Å². The molecule has 0 aliphatic rings. The van der Waals surface area contributed by atoms with E-state index in [4.69, 9.17) is 10.5 Å². The van der Waals surface area contributed by atoms with Gasteiger partial charge in [-0.3, -0.25) is 0 Å². The predicted octanol–water partition coefficient (Wildman–Crippen LogP) is 2.97. The molecule has 2 aromatic rings. The van der Waals surface area contributed by atoms with Crippen molar-refractivity contribution >= 4 is 22.0 Å². The topological polar surface area (TPSA) is 65.2 Å². The summed E-state index contributed by atoms with van der Waals surface area (Å²) in [5, 5.41) is 0. The Bertz CT molecular complexity index is 540. The standard InChI is InChI=1S/C12H9BrN2O2/c13-11-3-1-2-10(15-11)8-4-6-9(7-5-8)17-12(14)16/h1-7H,(H2,14,16). The first kappa shape index (κ1) is 11.6. The average Bonchev–Trinajstić information content (AvgIpc) is 2.29. The second kappa shape index (κ2) is 4.97. The molecule has 17 heavy (non-hydrogen) atoms. The molecule has 0 radical (unpaired) electrons. The molecule has 0 bridgehead atoms. The monoisotopic (exact) mass is 292 g/mol. The Kier molecular flexibility index (Phi) is 3.39. The lowest BCUT2D eigenvalue weighted by Gasteiger charge is -2.03. The lowest BCUT2D eigenvalue weighted by atomic mass is 10.1. The Morgan fingerprint density at radius 1 is 1.18 bits per heavy atom. The lowest BCUT2D eigenvalue weighted by molar-refractivity contribution is 0.211. The van der Waals surface area contributed by atoms with E-state index in [1.165, 1.54) is 0 Å². The van der Waals surface area contributed by atoms with Crippen molar-refractivity contribution in [1.82, 2.24) is 4.98 Å². The summed E-state index contributed by atoms with van der Waals surface area (Å²) >= 11 is 3.31. The molecule has 0 unspecified atom stereocenters. The molecule has 1 amide bonds. The predicted molar refractivity (Wildman–Crippen MR) is 67.6 cm³/mol. The van der Waals surface area contributed by atoms with Gasteiger partial charge in [0.05, 0.1) is 5.69 Å². The fraction of sp³-hybridized carbons (Fsp3) is 0. The quantitative estimate of drug-likeness (QED) is 0.866. The number of halogens is 1. The minimum Gasteiger partial charge on any atom is -0.411 e. The molecule has 86 valence electrons. The summed E-state index contributed by atoms with van der Waals surface area (Å²) in [7, 11) is 0. The minimum absolute atomic E-state index is 0.413. The van der Waals surface area contributed by atoms with Crippen molar-refractivity contribution in [1.29, 1.82) is 0 Å². The maximum absolute atomic E-state index is 10.5. The molecular weight excluding hydrogens is 284 g/mol. The molecule has 0 saturated heterocycles. The van der Waals surface area contributed by atoms with E-state index in [9.17, 15) is 4.79 Å². The maximum atomic E-state index is 10.5. The molecule has 1 heterocycles. The number of nitrogens with two attached hydrogens (primary N) is 1. The van der Waals surface area contributed by atoms with Gasteiger partial charge in [-0.15, -0.1) is 0 Å². The van der Waals surface area contributed by atoms with Crippen LogP contribution in [0.5, 0.6) is 5.75 Å². The largest absolute Gasteiger partial charge is 0.411 e. The van der Waals surface area contributed by atoms with Gasteiger partial charge in [-0.1, -0.05) is 6.07 Å². The molecule has 0 saturated carbocycles. The third-order valence-corrected chi connectivity index (χ3v) is 2.53. The second-order valence-electron chi connectivity index (χ2n) is 3.29. The van der Waals surface area contributed by atoms with Crippen molar-refractivity contribution in [2.75, 3.05) is 0 Å². The number of nitrogens with zero attached hydrogens (tertiary/aromatic N) is 1. The molecule has 2 N–H and O–H groups in total. The highest BCUT2D eigenvalue weighted by Crippen LogP contribution is 2.22. The highest BCUT2D eigenvalue weighted by Gasteiger charge is 2.02. The molecule has 1 aromatic carbocycles. The van der Waals surface area contributed by atoms with Gasteiger partial charge in [-0.25, -0.2) is 9.78 Å². The van der Waals surface area contributed by atoms with Gasteiger partial charge >= 0.3 is 6.09 Å². The van der Waals surface area contributed by atoms with E-state index in [0.717, 1.165) is 15.9 Å².